The second kappa shape index (κ2) is 5.16. The third-order valence-corrected chi connectivity index (χ3v) is 3.31. The smallest absolute Gasteiger partial charge is 0.350 e. The molecule has 3 atom stereocenters. The highest BCUT2D eigenvalue weighted by Gasteiger charge is 2.36. The van der Waals surface area contributed by atoms with Crippen molar-refractivity contribution in [2.45, 2.75) is 30.0 Å². The Bertz CT molecular complexity index is 453. The summed E-state index contributed by atoms with van der Waals surface area (Å²) >= 11 is 1.36. The molecule has 0 spiro atoms. The summed E-state index contributed by atoms with van der Waals surface area (Å²) in [5, 5.41) is 9.49. The van der Waals surface area contributed by atoms with E-state index in [4.69, 9.17) is 9.84 Å². The van der Waals surface area contributed by atoms with E-state index in [-0.39, 0.29) is 13.0 Å². The molecule has 94 valence electrons. The lowest BCUT2D eigenvalue weighted by Crippen LogP contribution is -2.27. The molecule has 0 radical (unpaired) electrons. The molecule has 0 aliphatic carbocycles. The largest absolute Gasteiger partial charge is 0.394 e. The van der Waals surface area contributed by atoms with Crippen molar-refractivity contribution >= 4 is 11.8 Å². The van der Waals surface area contributed by atoms with E-state index in [0.29, 0.717) is 5.03 Å². The average Bonchev–Trinajstić information content (AvgIpc) is 2.70. The Morgan fingerprint density at radius 1 is 1.76 bits per heavy atom. The molecule has 0 unspecified atom stereocenters. The molecule has 1 aliphatic rings. The summed E-state index contributed by atoms with van der Waals surface area (Å²) in [7, 11) is 0. The van der Waals surface area contributed by atoms with Crippen LogP contribution in [0.1, 0.15) is 12.6 Å². The monoisotopic (exact) mass is 260 g/mol. The minimum Gasteiger partial charge on any atom is -0.394 e. The summed E-state index contributed by atoms with van der Waals surface area (Å²) in [4.78, 5) is 15.5. The Balaban J connectivity index is 2.22. The van der Waals surface area contributed by atoms with Gasteiger partial charge in [0.2, 0.25) is 0 Å². The topological polar surface area (TPSA) is 64.3 Å². The van der Waals surface area contributed by atoms with Crippen LogP contribution in [0.4, 0.5) is 4.39 Å². The molecule has 17 heavy (non-hydrogen) atoms. The molecule has 1 aromatic rings. The van der Waals surface area contributed by atoms with Gasteiger partial charge in [-0.25, -0.2) is 9.18 Å². The third-order valence-electron chi connectivity index (χ3n) is 2.67. The number of nitrogens with zero attached hydrogens (tertiary/aromatic N) is 2. The van der Waals surface area contributed by atoms with E-state index in [2.05, 4.69) is 4.98 Å². The fourth-order valence-electron chi connectivity index (χ4n) is 1.75. The van der Waals surface area contributed by atoms with Crippen molar-refractivity contribution in [2.75, 3.05) is 12.9 Å². The Morgan fingerprint density at radius 2 is 2.53 bits per heavy atom. The fraction of sp³-hybridized carbons (Fsp3) is 0.600. The number of rotatable bonds is 3. The van der Waals surface area contributed by atoms with E-state index in [1.807, 2.05) is 6.26 Å². The van der Waals surface area contributed by atoms with Gasteiger partial charge in [-0.3, -0.25) is 4.57 Å². The molecule has 0 amide bonds. The second-order valence-corrected chi connectivity index (χ2v) is 4.55. The zero-order valence-electron chi connectivity index (χ0n) is 9.25. The molecule has 5 nitrogen and oxygen atoms in total. The van der Waals surface area contributed by atoms with E-state index in [1.165, 1.54) is 22.5 Å². The average molecular weight is 260 g/mol. The lowest BCUT2D eigenvalue weighted by atomic mass is 10.2. The Labute approximate surface area is 102 Å². The lowest BCUT2D eigenvalue weighted by molar-refractivity contribution is -0.0356. The fourth-order valence-corrected chi connectivity index (χ4v) is 2.12. The molecule has 1 fully saturated rings. The maximum absolute atomic E-state index is 13.4. The van der Waals surface area contributed by atoms with Crippen molar-refractivity contribution in [1.29, 1.82) is 0 Å². The van der Waals surface area contributed by atoms with Gasteiger partial charge in [0.15, 0.2) is 0 Å². The highest BCUT2D eigenvalue weighted by molar-refractivity contribution is 7.98. The van der Waals surface area contributed by atoms with Crippen LogP contribution in [0.2, 0.25) is 0 Å². The molecule has 0 saturated carbocycles. The van der Waals surface area contributed by atoms with Crippen LogP contribution in [0.15, 0.2) is 22.1 Å². The highest BCUT2D eigenvalue weighted by Crippen LogP contribution is 2.29. The van der Waals surface area contributed by atoms with Gasteiger partial charge >= 0.3 is 5.69 Å². The van der Waals surface area contributed by atoms with E-state index in [1.54, 1.807) is 6.07 Å². The first-order valence-corrected chi connectivity index (χ1v) is 6.41. The molecular formula is C10H13FN2O3S. The van der Waals surface area contributed by atoms with Crippen molar-refractivity contribution in [2.24, 2.45) is 0 Å². The summed E-state index contributed by atoms with van der Waals surface area (Å²) < 4.78 is 19.9. The maximum Gasteiger partial charge on any atom is 0.350 e. The molecule has 0 bridgehead atoms. The van der Waals surface area contributed by atoms with Gasteiger partial charge in [-0.2, -0.15) is 4.98 Å². The minimum atomic E-state index is -1.25. The lowest BCUT2D eigenvalue weighted by Gasteiger charge is -2.13. The van der Waals surface area contributed by atoms with E-state index in [0.717, 1.165) is 0 Å². The summed E-state index contributed by atoms with van der Waals surface area (Å²) in [6.45, 7) is -0.386. The molecule has 7 heteroatoms. The molecule has 1 aliphatic heterocycles. The zero-order chi connectivity index (χ0) is 12.4. The van der Waals surface area contributed by atoms with E-state index < -0.39 is 24.2 Å². The normalized spacial score (nSPS) is 28.5. The van der Waals surface area contributed by atoms with Crippen LogP contribution >= 0.6 is 11.8 Å². The van der Waals surface area contributed by atoms with Crippen LogP contribution in [0.3, 0.4) is 0 Å². The number of ether oxygens (including phenoxy) is 1. The van der Waals surface area contributed by atoms with Crippen LogP contribution in [0, 0.1) is 0 Å². The molecule has 2 rings (SSSR count). The zero-order valence-corrected chi connectivity index (χ0v) is 10.1. The van der Waals surface area contributed by atoms with Crippen molar-refractivity contribution < 1.29 is 14.2 Å². The van der Waals surface area contributed by atoms with Crippen LogP contribution in [-0.4, -0.2) is 39.8 Å². The van der Waals surface area contributed by atoms with E-state index >= 15 is 0 Å². The molecule has 1 saturated heterocycles. The van der Waals surface area contributed by atoms with Crippen LogP contribution in [0.5, 0.6) is 0 Å². The summed E-state index contributed by atoms with van der Waals surface area (Å²) in [5.74, 6) is 0. The number of hydrogen-bond acceptors (Lipinski definition) is 5. The molecule has 1 aromatic heterocycles. The first-order valence-electron chi connectivity index (χ1n) is 5.19. The van der Waals surface area contributed by atoms with Crippen molar-refractivity contribution in [3.05, 3.63) is 22.7 Å². The SMILES string of the molecule is CSc1ccn([C@@H]2C[C@H](F)[C@@H](CO)O2)c(=O)n1. The Kier molecular flexibility index (Phi) is 3.80. The molecular weight excluding hydrogens is 247 g/mol. The highest BCUT2D eigenvalue weighted by atomic mass is 32.2. The third kappa shape index (κ3) is 2.51. The van der Waals surface area contributed by atoms with Gasteiger partial charge in [-0.1, -0.05) is 0 Å². The van der Waals surface area contributed by atoms with Crippen LogP contribution < -0.4 is 5.69 Å². The predicted octanol–water partition coefficient (Wildman–Crippen LogP) is 0.583. The Hall–Kier alpha value is -0.920. The van der Waals surface area contributed by atoms with Crippen LogP contribution in [0.25, 0.3) is 0 Å². The van der Waals surface area contributed by atoms with Crippen molar-refractivity contribution in [3.63, 3.8) is 0 Å². The second-order valence-electron chi connectivity index (χ2n) is 3.72. The van der Waals surface area contributed by atoms with Gasteiger partial charge in [0.25, 0.3) is 0 Å². The van der Waals surface area contributed by atoms with Gasteiger partial charge in [0.1, 0.15) is 23.5 Å². The van der Waals surface area contributed by atoms with Gasteiger partial charge in [-0.05, 0) is 12.3 Å². The number of hydrogen-bond donors (Lipinski definition) is 1. The standard InChI is InChI=1S/C10H13FN2O3S/c1-17-8-2-3-13(10(15)12-8)9-4-6(11)7(5-14)16-9/h2-3,6-7,9,14H,4-5H2,1H3/t6-,7+,9-/m0/s1. The molecule has 1 N–H and O–H groups in total. The quantitative estimate of drug-likeness (QED) is 0.636. The number of halogens is 1. The predicted molar refractivity (Wildman–Crippen MR) is 60.8 cm³/mol. The number of thioether (sulfide) groups is 1. The van der Waals surface area contributed by atoms with Gasteiger partial charge in [-0.15, -0.1) is 11.8 Å². The number of aromatic nitrogens is 2. The minimum absolute atomic E-state index is 0.0609. The van der Waals surface area contributed by atoms with Gasteiger partial charge in [0.05, 0.1) is 6.61 Å². The van der Waals surface area contributed by atoms with E-state index in [9.17, 15) is 9.18 Å². The first kappa shape index (κ1) is 12.5. The summed E-state index contributed by atoms with van der Waals surface area (Å²) in [5.41, 5.74) is -0.465. The molecule has 2 heterocycles. The first-order chi connectivity index (χ1) is 8.15. The van der Waals surface area contributed by atoms with Crippen molar-refractivity contribution in [3.8, 4) is 0 Å². The van der Waals surface area contributed by atoms with Crippen molar-refractivity contribution in [1.82, 2.24) is 9.55 Å². The number of aliphatic hydroxyl groups is 1. The molecule has 0 aromatic carbocycles. The maximum atomic E-state index is 13.4. The summed E-state index contributed by atoms with van der Waals surface area (Å²) in [6, 6.07) is 1.68. The Morgan fingerprint density at radius 3 is 3.06 bits per heavy atom. The number of aliphatic hydroxyl groups excluding tert-OH is 1. The van der Waals surface area contributed by atoms with Gasteiger partial charge < -0.3 is 9.84 Å². The van der Waals surface area contributed by atoms with Crippen LogP contribution in [-0.2, 0) is 4.74 Å². The number of alkyl halides is 1. The summed E-state index contributed by atoms with van der Waals surface area (Å²) in [6.07, 6.45) is 0.628. The van der Waals surface area contributed by atoms with Gasteiger partial charge in [0, 0.05) is 12.6 Å².